The highest BCUT2D eigenvalue weighted by Gasteiger charge is 2.04. The molecule has 2 aromatic rings. The van der Waals surface area contributed by atoms with Crippen LogP contribution in [0.3, 0.4) is 0 Å². The number of rotatable bonds is 0. The molecule has 0 saturated carbocycles. The minimum atomic E-state index is 0.687. The van der Waals surface area contributed by atoms with E-state index in [1.807, 2.05) is 18.2 Å². The average molecular weight is 224 g/mol. The first kappa shape index (κ1) is 7.55. The molecule has 2 rings (SSSR count). The summed E-state index contributed by atoms with van der Waals surface area (Å²) in [6.07, 6.45) is 1.49. The number of para-hydroxylation sites is 1. The van der Waals surface area contributed by atoms with Gasteiger partial charge < -0.3 is 5.21 Å². The molecule has 0 aliphatic heterocycles. The summed E-state index contributed by atoms with van der Waals surface area (Å²) in [7, 11) is 0. The van der Waals surface area contributed by atoms with Crippen LogP contribution in [0.1, 0.15) is 0 Å². The molecule has 2 nitrogen and oxygen atoms in total. The maximum atomic E-state index is 11.2. The van der Waals surface area contributed by atoms with E-state index in [2.05, 4.69) is 15.9 Å². The molecule has 0 atom stereocenters. The van der Waals surface area contributed by atoms with E-state index in [1.54, 1.807) is 12.1 Å². The van der Waals surface area contributed by atoms with Crippen LogP contribution < -0.4 is 4.73 Å². The van der Waals surface area contributed by atoms with Crippen LogP contribution in [-0.4, -0.2) is 0 Å². The lowest BCUT2D eigenvalue weighted by atomic mass is 10.2. The van der Waals surface area contributed by atoms with Gasteiger partial charge in [0.15, 0.2) is 6.20 Å². The summed E-state index contributed by atoms with van der Waals surface area (Å²) < 4.78 is 1.81. The minimum Gasteiger partial charge on any atom is -0.618 e. The predicted molar refractivity (Wildman–Crippen MR) is 50.6 cm³/mol. The fourth-order valence-electron chi connectivity index (χ4n) is 1.17. The highest BCUT2D eigenvalue weighted by atomic mass is 79.9. The highest BCUT2D eigenvalue weighted by Crippen LogP contribution is 2.19. The Labute approximate surface area is 78.2 Å². The van der Waals surface area contributed by atoms with Gasteiger partial charge in [0.2, 0.25) is 5.52 Å². The highest BCUT2D eigenvalue weighted by molar-refractivity contribution is 9.10. The first-order chi connectivity index (χ1) is 5.79. The third-order valence-electron chi connectivity index (χ3n) is 1.76. The summed E-state index contributed by atoms with van der Waals surface area (Å²) in [6.45, 7) is 0. The van der Waals surface area contributed by atoms with E-state index >= 15 is 0 Å². The Bertz CT molecular complexity index is 387. The maximum Gasteiger partial charge on any atom is 0.224 e. The van der Waals surface area contributed by atoms with Gasteiger partial charge in [0, 0.05) is 16.6 Å². The standard InChI is InChI=1S/C9H6BrNO/c10-8-5-6-11(12)9-4-2-1-3-7(8)9/h1-6H. The van der Waals surface area contributed by atoms with Crippen molar-refractivity contribution in [2.75, 3.05) is 0 Å². The van der Waals surface area contributed by atoms with Crippen molar-refractivity contribution in [2.45, 2.75) is 0 Å². The summed E-state index contributed by atoms with van der Waals surface area (Å²) in [5, 5.41) is 12.2. The second kappa shape index (κ2) is 2.75. The summed E-state index contributed by atoms with van der Waals surface area (Å²) in [4.78, 5) is 0. The Kier molecular flexibility index (Phi) is 1.73. The Morgan fingerprint density at radius 3 is 2.67 bits per heavy atom. The number of benzene rings is 1. The van der Waals surface area contributed by atoms with Gasteiger partial charge in [-0.3, -0.25) is 0 Å². The Morgan fingerprint density at radius 2 is 1.92 bits per heavy atom. The number of fused-ring (bicyclic) bond motifs is 1. The first-order valence-electron chi connectivity index (χ1n) is 3.55. The molecule has 0 N–H and O–H groups in total. The minimum absolute atomic E-state index is 0.687. The number of aromatic nitrogens is 1. The number of hydrogen-bond acceptors (Lipinski definition) is 1. The molecular weight excluding hydrogens is 218 g/mol. The Morgan fingerprint density at radius 1 is 1.17 bits per heavy atom. The van der Waals surface area contributed by atoms with Crippen molar-refractivity contribution in [1.29, 1.82) is 0 Å². The first-order valence-corrected chi connectivity index (χ1v) is 4.35. The van der Waals surface area contributed by atoms with Crippen LogP contribution >= 0.6 is 15.9 Å². The van der Waals surface area contributed by atoms with Gasteiger partial charge in [-0.25, -0.2) is 0 Å². The van der Waals surface area contributed by atoms with Crippen LogP contribution in [0.5, 0.6) is 0 Å². The molecule has 0 radical (unpaired) electrons. The molecule has 0 unspecified atom stereocenters. The summed E-state index contributed by atoms with van der Waals surface area (Å²) in [5.41, 5.74) is 0.687. The number of halogens is 1. The van der Waals surface area contributed by atoms with Crippen molar-refractivity contribution < 1.29 is 4.73 Å². The van der Waals surface area contributed by atoms with Gasteiger partial charge in [0.25, 0.3) is 0 Å². The van der Waals surface area contributed by atoms with E-state index in [4.69, 9.17) is 0 Å². The quantitative estimate of drug-likeness (QED) is 0.498. The van der Waals surface area contributed by atoms with Crippen LogP contribution in [0.15, 0.2) is 41.0 Å². The fraction of sp³-hybridized carbons (Fsp3) is 0. The van der Waals surface area contributed by atoms with Gasteiger partial charge in [-0.2, -0.15) is 4.73 Å². The molecule has 1 aromatic carbocycles. The molecular formula is C9H6BrNO. The molecule has 0 spiro atoms. The zero-order chi connectivity index (χ0) is 8.55. The predicted octanol–water partition coefficient (Wildman–Crippen LogP) is 2.24. The van der Waals surface area contributed by atoms with Gasteiger partial charge in [0.05, 0.1) is 5.39 Å². The molecule has 0 amide bonds. The van der Waals surface area contributed by atoms with Gasteiger partial charge in [0.1, 0.15) is 0 Å². The van der Waals surface area contributed by atoms with Crippen molar-refractivity contribution in [3.8, 4) is 0 Å². The summed E-state index contributed by atoms with van der Waals surface area (Å²) in [5.74, 6) is 0. The summed E-state index contributed by atoms with van der Waals surface area (Å²) >= 11 is 3.38. The van der Waals surface area contributed by atoms with Gasteiger partial charge in [-0.1, -0.05) is 12.1 Å². The molecule has 0 aliphatic carbocycles. The van der Waals surface area contributed by atoms with E-state index in [1.165, 1.54) is 6.20 Å². The monoisotopic (exact) mass is 223 g/mol. The third kappa shape index (κ3) is 1.06. The molecule has 12 heavy (non-hydrogen) atoms. The van der Waals surface area contributed by atoms with E-state index in [-0.39, 0.29) is 0 Å². The zero-order valence-electron chi connectivity index (χ0n) is 6.20. The van der Waals surface area contributed by atoms with Crippen molar-refractivity contribution >= 4 is 26.8 Å². The van der Waals surface area contributed by atoms with Crippen LogP contribution in [0, 0.1) is 5.21 Å². The zero-order valence-corrected chi connectivity index (χ0v) is 7.78. The normalized spacial score (nSPS) is 10.4. The molecule has 1 heterocycles. The van der Waals surface area contributed by atoms with Gasteiger partial charge >= 0.3 is 0 Å². The van der Waals surface area contributed by atoms with Gasteiger partial charge in [-0.15, -0.1) is 0 Å². The van der Waals surface area contributed by atoms with Crippen molar-refractivity contribution in [2.24, 2.45) is 0 Å². The SMILES string of the molecule is [O-][n+]1ccc(Br)c2ccccc21. The Hall–Kier alpha value is -1.09. The van der Waals surface area contributed by atoms with Crippen LogP contribution in [-0.2, 0) is 0 Å². The van der Waals surface area contributed by atoms with E-state index in [9.17, 15) is 5.21 Å². The molecule has 0 saturated heterocycles. The fourth-order valence-corrected chi connectivity index (χ4v) is 1.62. The van der Waals surface area contributed by atoms with Crippen LogP contribution in [0.4, 0.5) is 0 Å². The molecule has 0 fully saturated rings. The third-order valence-corrected chi connectivity index (χ3v) is 2.45. The second-order valence-electron chi connectivity index (χ2n) is 2.51. The smallest absolute Gasteiger partial charge is 0.224 e. The average Bonchev–Trinajstić information content (AvgIpc) is 2.12. The topological polar surface area (TPSA) is 26.9 Å². The lowest BCUT2D eigenvalue weighted by molar-refractivity contribution is -0.577. The summed E-state index contributed by atoms with van der Waals surface area (Å²) in [6, 6.07) is 9.21. The number of nitrogens with zero attached hydrogens (tertiary/aromatic N) is 1. The largest absolute Gasteiger partial charge is 0.618 e. The van der Waals surface area contributed by atoms with E-state index in [0.717, 1.165) is 14.6 Å². The Balaban J connectivity index is 2.95. The van der Waals surface area contributed by atoms with Gasteiger partial charge in [-0.05, 0) is 22.0 Å². The second-order valence-corrected chi connectivity index (χ2v) is 3.36. The number of hydrogen-bond donors (Lipinski definition) is 0. The molecule has 0 aliphatic rings. The molecule has 60 valence electrons. The lowest BCUT2D eigenvalue weighted by Gasteiger charge is -2.01. The van der Waals surface area contributed by atoms with Crippen molar-refractivity contribution in [1.82, 2.24) is 0 Å². The van der Waals surface area contributed by atoms with E-state index in [0.29, 0.717) is 5.52 Å². The van der Waals surface area contributed by atoms with Crippen LogP contribution in [0.25, 0.3) is 10.9 Å². The maximum absolute atomic E-state index is 11.2. The molecule has 1 aromatic heterocycles. The van der Waals surface area contributed by atoms with Crippen molar-refractivity contribution in [3.63, 3.8) is 0 Å². The van der Waals surface area contributed by atoms with E-state index < -0.39 is 0 Å². The molecule has 0 bridgehead atoms. The van der Waals surface area contributed by atoms with Crippen molar-refractivity contribution in [3.05, 3.63) is 46.2 Å². The molecule has 3 heteroatoms. The lowest BCUT2D eigenvalue weighted by Crippen LogP contribution is -2.25. The number of pyridine rings is 1. The van der Waals surface area contributed by atoms with Crippen LogP contribution in [0.2, 0.25) is 0 Å².